The van der Waals surface area contributed by atoms with Crippen LogP contribution < -0.4 is 10.5 Å². The predicted molar refractivity (Wildman–Crippen MR) is 72.5 cm³/mol. The number of methoxy groups -OCH3 is 1. The van der Waals surface area contributed by atoms with Crippen LogP contribution >= 0.6 is 0 Å². The van der Waals surface area contributed by atoms with Gasteiger partial charge in [-0.1, -0.05) is 13.8 Å². The molecule has 0 bridgehead atoms. The third-order valence-electron chi connectivity index (χ3n) is 2.77. The van der Waals surface area contributed by atoms with Gasteiger partial charge in [-0.2, -0.15) is 0 Å². The van der Waals surface area contributed by atoms with Crippen molar-refractivity contribution in [3.63, 3.8) is 0 Å². The molecule has 2 aromatic rings. The summed E-state index contributed by atoms with van der Waals surface area (Å²) in [5, 5.41) is 0. The molecule has 0 aliphatic rings. The average Bonchev–Trinajstić information content (AvgIpc) is 2.38. The number of hydrogen-bond acceptors (Lipinski definition) is 4. The number of anilines is 1. The standard InChI is InChI=1S/C14H16FN3O/c1-8(2)11-7-13(16)18-14(17-11)9-4-5-10(15)12(6-9)19-3/h4-8H,1-3H3,(H2,16,17,18). The molecule has 1 heterocycles. The van der Waals surface area contributed by atoms with E-state index in [1.807, 2.05) is 13.8 Å². The molecule has 1 aromatic heterocycles. The zero-order valence-corrected chi connectivity index (χ0v) is 11.1. The van der Waals surface area contributed by atoms with Crippen molar-refractivity contribution in [3.05, 3.63) is 35.8 Å². The number of nitrogens with two attached hydrogens (primary N) is 1. The normalized spacial score (nSPS) is 10.8. The number of hydrogen-bond donors (Lipinski definition) is 1. The Morgan fingerprint density at radius 2 is 1.95 bits per heavy atom. The van der Waals surface area contributed by atoms with Gasteiger partial charge in [-0.05, 0) is 24.1 Å². The highest BCUT2D eigenvalue weighted by atomic mass is 19.1. The number of nitrogen functional groups attached to an aromatic ring is 1. The van der Waals surface area contributed by atoms with E-state index in [9.17, 15) is 4.39 Å². The second-order valence-electron chi connectivity index (χ2n) is 4.55. The van der Waals surface area contributed by atoms with Gasteiger partial charge in [0.05, 0.1) is 7.11 Å². The zero-order chi connectivity index (χ0) is 14.0. The second-order valence-corrected chi connectivity index (χ2v) is 4.55. The predicted octanol–water partition coefficient (Wildman–Crippen LogP) is 3.00. The van der Waals surface area contributed by atoms with Gasteiger partial charge in [0, 0.05) is 17.3 Å². The van der Waals surface area contributed by atoms with Crippen molar-refractivity contribution in [1.29, 1.82) is 0 Å². The Bertz CT molecular complexity index is 599. The molecule has 0 fully saturated rings. The van der Waals surface area contributed by atoms with Crippen molar-refractivity contribution in [2.45, 2.75) is 19.8 Å². The number of rotatable bonds is 3. The first-order valence-electron chi connectivity index (χ1n) is 5.99. The van der Waals surface area contributed by atoms with Crippen LogP contribution in [0.2, 0.25) is 0 Å². The summed E-state index contributed by atoms with van der Waals surface area (Å²) in [7, 11) is 1.42. The lowest BCUT2D eigenvalue weighted by molar-refractivity contribution is 0.386. The van der Waals surface area contributed by atoms with Gasteiger partial charge in [0.2, 0.25) is 0 Å². The second kappa shape index (κ2) is 5.22. The fraction of sp³-hybridized carbons (Fsp3) is 0.286. The molecule has 2 rings (SSSR count). The summed E-state index contributed by atoms with van der Waals surface area (Å²) in [5.74, 6) is 0.860. The van der Waals surface area contributed by atoms with Gasteiger partial charge in [0.25, 0.3) is 0 Å². The van der Waals surface area contributed by atoms with Crippen LogP contribution in [-0.4, -0.2) is 17.1 Å². The maximum Gasteiger partial charge on any atom is 0.165 e. The van der Waals surface area contributed by atoms with Crippen molar-refractivity contribution in [3.8, 4) is 17.1 Å². The topological polar surface area (TPSA) is 61.0 Å². The summed E-state index contributed by atoms with van der Waals surface area (Å²) < 4.78 is 18.3. The number of aromatic nitrogens is 2. The molecule has 0 aliphatic carbocycles. The van der Waals surface area contributed by atoms with Crippen LogP contribution in [0.1, 0.15) is 25.5 Å². The van der Waals surface area contributed by atoms with E-state index in [0.29, 0.717) is 17.2 Å². The summed E-state index contributed by atoms with van der Waals surface area (Å²) in [4.78, 5) is 8.62. The molecule has 0 aliphatic heterocycles. The van der Waals surface area contributed by atoms with Crippen LogP contribution in [0.15, 0.2) is 24.3 Å². The molecule has 0 spiro atoms. The van der Waals surface area contributed by atoms with Gasteiger partial charge in [-0.15, -0.1) is 0 Å². The number of ether oxygens (including phenoxy) is 1. The molecule has 2 N–H and O–H groups in total. The Morgan fingerprint density at radius 3 is 2.58 bits per heavy atom. The molecule has 0 atom stereocenters. The SMILES string of the molecule is COc1cc(-c2nc(N)cc(C(C)C)n2)ccc1F. The average molecular weight is 261 g/mol. The Morgan fingerprint density at radius 1 is 1.21 bits per heavy atom. The van der Waals surface area contributed by atoms with Crippen LogP contribution in [-0.2, 0) is 0 Å². The first-order chi connectivity index (χ1) is 9.01. The van der Waals surface area contributed by atoms with E-state index in [1.165, 1.54) is 13.2 Å². The van der Waals surface area contributed by atoms with Gasteiger partial charge in [-0.3, -0.25) is 0 Å². The Kier molecular flexibility index (Phi) is 3.64. The van der Waals surface area contributed by atoms with E-state index in [4.69, 9.17) is 10.5 Å². The highest BCUT2D eigenvalue weighted by Gasteiger charge is 2.11. The van der Waals surface area contributed by atoms with Gasteiger partial charge in [-0.25, -0.2) is 14.4 Å². The largest absolute Gasteiger partial charge is 0.494 e. The van der Waals surface area contributed by atoms with Gasteiger partial charge in [0.15, 0.2) is 17.4 Å². The lowest BCUT2D eigenvalue weighted by Crippen LogP contribution is -2.02. The number of nitrogens with zero attached hydrogens (tertiary/aromatic N) is 2. The quantitative estimate of drug-likeness (QED) is 0.922. The van der Waals surface area contributed by atoms with Crippen LogP contribution in [0.4, 0.5) is 10.2 Å². The van der Waals surface area contributed by atoms with Gasteiger partial charge >= 0.3 is 0 Å². The van der Waals surface area contributed by atoms with Crippen LogP contribution in [0.25, 0.3) is 11.4 Å². The van der Waals surface area contributed by atoms with E-state index >= 15 is 0 Å². The van der Waals surface area contributed by atoms with Crippen molar-refractivity contribution < 1.29 is 9.13 Å². The summed E-state index contributed by atoms with van der Waals surface area (Å²) in [6.07, 6.45) is 0. The highest BCUT2D eigenvalue weighted by molar-refractivity contribution is 5.59. The monoisotopic (exact) mass is 261 g/mol. The first-order valence-corrected chi connectivity index (χ1v) is 5.99. The molecule has 19 heavy (non-hydrogen) atoms. The molecular weight excluding hydrogens is 245 g/mol. The summed E-state index contributed by atoms with van der Waals surface area (Å²) in [6.45, 7) is 4.05. The Balaban J connectivity index is 2.52. The van der Waals surface area contributed by atoms with E-state index in [0.717, 1.165) is 5.69 Å². The van der Waals surface area contributed by atoms with Crippen molar-refractivity contribution >= 4 is 5.82 Å². The molecule has 0 saturated heterocycles. The minimum absolute atomic E-state index is 0.162. The lowest BCUT2D eigenvalue weighted by atomic mass is 10.1. The Labute approximate surface area is 111 Å². The maximum atomic E-state index is 13.4. The molecule has 0 radical (unpaired) electrons. The van der Waals surface area contributed by atoms with E-state index in [-0.39, 0.29) is 11.7 Å². The maximum absolute atomic E-state index is 13.4. The molecule has 100 valence electrons. The summed E-state index contributed by atoms with van der Waals surface area (Å²) in [6, 6.07) is 6.25. The molecule has 0 unspecified atom stereocenters. The molecule has 0 saturated carbocycles. The number of halogens is 1. The molecule has 1 aromatic carbocycles. The van der Waals surface area contributed by atoms with Gasteiger partial charge in [0.1, 0.15) is 5.82 Å². The molecule has 0 amide bonds. The van der Waals surface area contributed by atoms with Crippen molar-refractivity contribution in [2.75, 3.05) is 12.8 Å². The van der Waals surface area contributed by atoms with Crippen LogP contribution in [0.3, 0.4) is 0 Å². The van der Waals surface area contributed by atoms with Crippen LogP contribution in [0, 0.1) is 5.82 Å². The van der Waals surface area contributed by atoms with Crippen molar-refractivity contribution in [2.24, 2.45) is 0 Å². The first kappa shape index (κ1) is 13.3. The highest BCUT2D eigenvalue weighted by Crippen LogP contribution is 2.26. The van der Waals surface area contributed by atoms with Crippen LogP contribution in [0.5, 0.6) is 5.75 Å². The molecular formula is C14H16FN3O. The molecule has 5 heteroatoms. The fourth-order valence-corrected chi connectivity index (χ4v) is 1.71. The zero-order valence-electron chi connectivity index (χ0n) is 11.1. The van der Waals surface area contributed by atoms with E-state index in [2.05, 4.69) is 9.97 Å². The third-order valence-corrected chi connectivity index (χ3v) is 2.77. The molecule has 4 nitrogen and oxygen atoms in total. The minimum atomic E-state index is -0.417. The minimum Gasteiger partial charge on any atom is -0.494 e. The summed E-state index contributed by atoms with van der Waals surface area (Å²) in [5.41, 5.74) is 7.30. The lowest BCUT2D eigenvalue weighted by Gasteiger charge is -2.09. The fourth-order valence-electron chi connectivity index (χ4n) is 1.71. The Hall–Kier alpha value is -2.17. The van der Waals surface area contributed by atoms with Crippen molar-refractivity contribution in [1.82, 2.24) is 9.97 Å². The summed E-state index contributed by atoms with van der Waals surface area (Å²) >= 11 is 0. The van der Waals surface area contributed by atoms with Gasteiger partial charge < -0.3 is 10.5 Å². The smallest absolute Gasteiger partial charge is 0.165 e. The number of benzene rings is 1. The third kappa shape index (κ3) is 2.81. The van der Waals surface area contributed by atoms with E-state index < -0.39 is 5.82 Å². The van der Waals surface area contributed by atoms with E-state index in [1.54, 1.807) is 18.2 Å².